The fourth-order valence-corrected chi connectivity index (χ4v) is 7.76. The van der Waals surface area contributed by atoms with E-state index in [-0.39, 0.29) is 0 Å². The molecule has 3 heterocycles. The van der Waals surface area contributed by atoms with Gasteiger partial charge in [-0.3, -0.25) is 0 Å². The summed E-state index contributed by atoms with van der Waals surface area (Å²) in [5, 5.41) is 4.68. The van der Waals surface area contributed by atoms with Gasteiger partial charge in [-0.1, -0.05) is 133 Å². The maximum Gasteiger partial charge on any atom is 0.160 e. The summed E-state index contributed by atoms with van der Waals surface area (Å²) in [6.07, 6.45) is 3.85. The van der Waals surface area contributed by atoms with E-state index in [0.717, 1.165) is 74.1 Å². The molecule has 0 bridgehead atoms. The van der Waals surface area contributed by atoms with E-state index in [2.05, 4.69) is 156 Å². The lowest BCUT2D eigenvalue weighted by atomic mass is 9.95. The minimum atomic E-state index is 0.708. The van der Waals surface area contributed by atoms with Crippen molar-refractivity contribution in [2.45, 2.75) is 12.8 Å². The first kappa shape index (κ1) is 30.1. The van der Waals surface area contributed by atoms with Crippen molar-refractivity contribution in [1.82, 2.24) is 4.57 Å². The molecule has 0 atom stereocenters. The third-order valence-electron chi connectivity index (χ3n) is 10.1. The number of furan rings is 1. The molecule has 9 aromatic rings. The SMILES string of the molecule is C1=C(c2ccccc2)/N=C(c2ccccc2)\N=C(\c2ccc3c(c2)oc2cccc(-c4cccc5c4c4ccccc4n5-c4ccccc4)c23)CC\1. The number of aromatic nitrogens is 1. The van der Waals surface area contributed by atoms with Gasteiger partial charge in [0.1, 0.15) is 11.2 Å². The van der Waals surface area contributed by atoms with Crippen LogP contribution in [0, 0.1) is 0 Å². The van der Waals surface area contributed by atoms with Gasteiger partial charge in [-0.2, -0.15) is 0 Å². The van der Waals surface area contributed by atoms with Crippen molar-refractivity contribution in [1.29, 1.82) is 0 Å². The first-order chi connectivity index (χ1) is 25.8. The Bertz CT molecular complexity index is 2880. The van der Waals surface area contributed by atoms with Crippen LogP contribution >= 0.6 is 0 Å². The lowest BCUT2D eigenvalue weighted by molar-refractivity contribution is 0.669. The van der Waals surface area contributed by atoms with E-state index in [1.165, 1.54) is 27.4 Å². The second-order valence-corrected chi connectivity index (χ2v) is 13.2. The van der Waals surface area contributed by atoms with Gasteiger partial charge in [-0.15, -0.1) is 0 Å². The van der Waals surface area contributed by atoms with Crippen molar-refractivity contribution in [3.05, 3.63) is 193 Å². The van der Waals surface area contributed by atoms with Crippen LogP contribution in [-0.4, -0.2) is 16.1 Å². The van der Waals surface area contributed by atoms with Crippen LogP contribution in [0.4, 0.5) is 0 Å². The molecule has 2 aromatic heterocycles. The average molecular weight is 668 g/mol. The van der Waals surface area contributed by atoms with Gasteiger partial charge >= 0.3 is 0 Å². The molecule has 0 N–H and O–H groups in total. The fourth-order valence-electron chi connectivity index (χ4n) is 7.76. The van der Waals surface area contributed by atoms with Crippen molar-refractivity contribution < 1.29 is 4.42 Å². The van der Waals surface area contributed by atoms with Gasteiger partial charge in [-0.25, -0.2) is 9.98 Å². The molecule has 246 valence electrons. The second kappa shape index (κ2) is 12.5. The van der Waals surface area contributed by atoms with Crippen molar-refractivity contribution in [3.8, 4) is 16.8 Å². The van der Waals surface area contributed by atoms with E-state index in [4.69, 9.17) is 14.4 Å². The molecule has 0 spiro atoms. The molecule has 0 radical (unpaired) electrons. The summed E-state index contributed by atoms with van der Waals surface area (Å²) in [6, 6.07) is 59.5. The molecule has 1 aliphatic heterocycles. The van der Waals surface area contributed by atoms with Gasteiger partial charge in [-0.05, 0) is 77.6 Å². The zero-order valence-corrected chi connectivity index (χ0v) is 28.4. The lowest BCUT2D eigenvalue weighted by Gasteiger charge is -2.13. The molecular weight excluding hydrogens is 635 g/mol. The Kier molecular flexibility index (Phi) is 7.24. The molecule has 0 unspecified atom stereocenters. The van der Waals surface area contributed by atoms with E-state index in [9.17, 15) is 0 Å². The Morgan fingerprint density at radius 1 is 0.481 bits per heavy atom. The van der Waals surface area contributed by atoms with Gasteiger partial charge in [0.2, 0.25) is 0 Å². The summed E-state index contributed by atoms with van der Waals surface area (Å²) in [5.74, 6) is 0.708. The molecular formula is C48H33N3O. The van der Waals surface area contributed by atoms with Gasteiger partial charge in [0, 0.05) is 32.8 Å². The number of amidine groups is 1. The van der Waals surface area contributed by atoms with Crippen molar-refractivity contribution in [3.63, 3.8) is 0 Å². The van der Waals surface area contributed by atoms with E-state index in [1.807, 2.05) is 24.3 Å². The van der Waals surface area contributed by atoms with E-state index >= 15 is 0 Å². The normalized spacial score (nSPS) is 16.6. The van der Waals surface area contributed by atoms with Gasteiger partial charge < -0.3 is 8.98 Å². The fraction of sp³-hybridized carbons (Fsp3) is 0.0417. The van der Waals surface area contributed by atoms with E-state index < -0.39 is 0 Å². The number of aliphatic imine (C=N–C) groups is 2. The Hall–Kier alpha value is -6.78. The standard InChI is InChI=1S/C48H33N3O/c1-4-15-32(16-5-1)40-24-14-25-41(50-48(49-40)33-17-6-2-7-18-33)34-29-30-39-45(31-34)52-44-28-13-23-37(47(39)44)36-22-12-27-43-46(36)38-21-10-11-26-42(38)51(43)35-19-8-3-9-20-35/h1-13,15-24,26-31H,14,25H2/b40-24-,49-48-,50-41+. The van der Waals surface area contributed by atoms with Gasteiger partial charge in [0.05, 0.1) is 22.4 Å². The monoisotopic (exact) mass is 667 g/mol. The Morgan fingerprint density at radius 3 is 1.96 bits per heavy atom. The summed E-state index contributed by atoms with van der Waals surface area (Å²) >= 11 is 0. The molecule has 0 fully saturated rings. The molecule has 0 saturated heterocycles. The van der Waals surface area contributed by atoms with E-state index in [1.54, 1.807) is 0 Å². The molecule has 4 heteroatoms. The molecule has 0 saturated carbocycles. The molecule has 0 aliphatic carbocycles. The van der Waals surface area contributed by atoms with Crippen LogP contribution in [0.1, 0.15) is 29.5 Å². The molecule has 4 nitrogen and oxygen atoms in total. The molecule has 52 heavy (non-hydrogen) atoms. The van der Waals surface area contributed by atoms with Crippen molar-refractivity contribution in [2.75, 3.05) is 0 Å². The maximum absolute atomic E-state index is 6.66. The third kappa shape index (κ3) is 5.07. The van der Waals surface area contributed by atoms with Crippen LogP contribution < -0.4 is 0 Å². The Labute approximate surface area is 301 Å². The maximum atomic E-state index is 6.66. The van der Waals surface area contributed by atoms with Crippen molar-refractivity contribution in [2.24, 2.45) is 9.98 Å². The Morgan fingerprint density at radius 2 is 1.15 bits per heavy atom. The summed E-state index contributed by atoms with van der Waals surface area (Å²) in [4.78, 5) is 10.4. The highest BCUT2D eigenvalue weighted by molar-refractivity contribution is 6.22. The number of rotatable bonds is 5. The average Bonchev–Trinajstić information content (AvgIpc) is 3.75. The molecule has 1 aliphatic rings. The Balaban J connectivity index is 1.12. The lowest BCUT2D eigenvalue weighted by Crippen LogP contribution is -2.09. The summed E-state index contributed by atoms with van der Waals surface area (Å²) < 4.78 is 9.03. The quantitative estimate of drug-likeness (QED) is 0.180. The number of nitrogens with zero attached hydrogens (tertiary/aromatic N) is 3. The van der Waals surface area contributed by atoms with Gasteiger partial charge in [0.15, 0.2) is 5.84 Å². The van der Waals surface area contributed by atoms with Crippen LogP contribution in [0.3, 0.4) is 0 Å². The zero-order valence-electron chi connectivity index (χ0n) is 28.4. The molecule has 10 rings (SSSR count). The first-order valence-corrected chi connectivity index (χ1v) is 17.8. The van der Waals surface area contributed by atoms with E-state index in [0.29, 0.717) is 5.84 Å². The van der Waals surface area contributed by atoms with Crippen LogP contribution in [0.5, 0.6) is 0 Å². The van der Waals surface area contributed by atoms with Crippen LogP contribution in [0.2, 0.25) is 0 Å². The first-order valence-electron chi connectivity index (χ1n) is 17.8. The molecule has 7 aromatic carbocycles. The minimum Gasteiger partial charge on any atom is -0.456 e. The predicted molar refractivity (Wildman–Crippen MR) is 217 cm³/mol. The number of allylic oxidation sites excluding steroid dienone is 1. The van der Waals surface area contributed by atoms with Gasteiger partial charge in [0.25, 0.3) is 0 Å². The summed E-state index contributed by atoms with van der Waals surface area (Å²) in [5.41, 5.74) is 12.6. The summed E-state index contributed by atoms with van der Waals surface area (Å²) in [6.45, 7) is 0. The second-order valence-electron chi connectivity index (χ2n) is 13.2. The van der Waals surface area contributed by atoms with Crippen molar-refractivity contribution >= 4 is 61.0 Å². The summed E-state index contributed by atoms with van der Waals surface area (Å²) in [7, 11) is 0. The smallest absolute Gasteiger partial charge is 0.160 e. The largest absolute Gasteiger partial charge is 0.456 e. The zero-order chi connectivity index (χ0) is 34.4. The molecule has 0 amide bonds. The topological polar surface area (TPSA) is 42.8 Å². The van der Waals surface area contributed by atoms with Crippen LogP contribution in [0.25, 0.3) is 66.3 Å². The predicted octanol–water partition coefficient (Wildman–Crippen LogP) is 12.4. The number of fused-ring (bicyclic) bond motifs is 6. The third-order valence-corrected chi connectivity index (χ3v) is 10.1. The highest BCUT2D eigenvalue weighted by Gasteiger charge is 2.20. The number of para-hydroxylation sites is 2. The number of hydrogen-bond acceptors (Lipinski definition) is 3. The number of benzene rings is 7. The van der Waals surface area contributed by atoms with Crippen LogP contribution in [-0.2, 0) is 0 Å². The van der Waals surface area contributed by atoms with Crippen LogP contribution in [0.15, 0.2) is 190 Å². The highest BCUT2D eigenvalue weighted by Crippen LogP contribution is 2.43. The minimum absolute atomic E-state index is 0.708. The highest BCUT2D eigenvalue weighted by atomic mass is 16.3. The number of hydrogen-bond donors (Lipinski definition) is 0.